The van der Waals surface area contributed by atoms with Crippen molar-refractivity contribution in [2.75, 3.05) is 18.1 Å². The van der Waals surface area contributed by atoms with E-state index in [4.69, 9.17) is 4.74 Å². The molecule has 0 bridgehead atoms. The molecule has 1 aliphatic heterocycles. The van der Waals surface area contributed by atoms with Crippen LogP contribution in [-0.4, -0.2) is 30.8 Å². The van der Waals surface area contributed by atoms with Crippen LogP contribution in [0.25, 0.3) is 0 Å². The van der Waals surface area contributed by atoms with Crippen LogP contribution >= 0.6 is 11.3 Å². The summed E-state index contributed by atoms with van der Waals surface area (Å²) in [5.74, 6) is -0.827. The monoisotopic (exact) mass is 267 g/mol. The summed E-state index contributed by atoms with van der Waals surface area (Å²) in [6.07, 6.45) is -0.0841. The number of aryl methyl sites for hydroxylation is 1. The lowest BCUT2D eigenvalue weighted by Crippen LogP contribution is -2.25. The van der Waals surface area contributed by atoms with Gasteiger partial charge in [-0.15, -0.1) is 11.3 Å². The van der Waals surface area contributed by atoms with E-state index >= 15 is 0 Å². The van der Waals surface area contributed by atoms with Gasteiger partial charge in [-0.3, -0.25) is 14.5 Å². The number of amides is 1. The summed E-state index contributed by atoms with van der Waals surface area (Å²) in [5, 5.41) is 2.30. The van der Waals surface area contributed by atoms with Gasteiger partial charge < -0.3 is 4.74 Å². The van der Waals surface area contributed by atoms with Crippen LogP contribution in [0.5, 0.6) is 0 Å². The van der Waals surface area contributed by atoms with Gasteiger partial charge in [0.25, 0.3) is 0 Å². The third-order valence-corrected chi connectivity index (χ3v) is 3.78. The van der Waals surface area contributed by atoms with Crippen LogP contribution in [0.2, 0.25) is 0 Å². The summed E-state index contributed by atoms with van der Waals surface area (Å²) in [5.41, 5.74) is 1.16. The number of carbonyl (C=O) groups is 3. The molecule has 2 heterocycles. The Kier molecular flexibility index (Phi) is 3.47. The van der Waals surface area contributed by atoms with Crippen molar-refractivity contribution in [2.24, 2.45) is 0 Å². The molecule has 1 saturated heterocycles. The summed E-state index contributed by atoms with van der Waals surface area (Å²) in [7, 11) is 0. The first kappa shape index (κ1) is 12.8. The van der Waals surface area contributed by atoms with Gasteiger partial charge in [0.15, 0.2) is 5.78 Å². The van der Waals surface area contributed by atoms with Gasteiger partial charge in [-0.05, 0) is 24.8 Å². The molecule has 0 atom stereocenters. The summed E-state index contributed by atoms with van der Waals surface area (Å²) in [4.78, 5) is 36.2. The number of esters is 1. The van der Waals surface area contributed by atoms with Crippen LogP contribution in [0.15, 0.2) is 5.38 Å². The topological polar surface area (TPSA) is 63.7 Å². The van der Waals surface area contributed by atoms with Crippen LogP contribution in [0, 0.1) is 6.92 Å². The molecule has 96 valence electrons. The number of Topliss-reactive ketones (excluding diaryl/α,β-unsaturated/α-hetero) is 1. The van der Waals surface area contributed by atoms with E-state index in [2.05, 4.69) is 0 Å². The van der Waals surface area contributed by atoms with Crippen LogP contribution in [0.4, 0.5) is 5.00 Å². The zero-order valence-electron chi connectivity index (χ0n) is 10.2. The summed E-state index contributed by atoms with van der Waals surface area (Å²) < 4.78 is 4.97. The highest BCUT2D eigenvalue weighted by Crippen LogP contribution is 2.34. The molecule has 0 N–H and O–H groups in total. The van der Waals surface area contributed by atoms with E-state index in [0.29, 0.717) is 10.6 Å². The standard InChI is InChI=1S/C12H13NO4S/c1-3-17-12(16)10-7(2)6-18-11(10)13-5-8(14)4-9(13)15/h6H,3-5H2,1-2H3. The first-order chi connectivity index (χ1) is 8.54. The summed E-state index contributed by atoms with van der Waals surface area (Å²) >= 11 is 1.29. The third kappa shape index (κ3) is 2.15. The number of anilines is 1. The van der Waals surface area contributed by atoms with Crippen LogP contribution in [0.3, 0.4) is 0 Å². The third-order valence-electron chi connectivity index (χ3n) is 2.66. The molecule has 0 saturated carbocycles. The maximum atomic E-state index is 11.9. The second-order valence-electron chi connectivity index (χ2n) is 4.01. The second-order valence-corrected chi connectivity index (χ2v) is 4.87. The molecule has 1 amide bonds. The molecule has 0 aliphatic carbocycles. The summed E-state index contributed by atoms with van der Waals surface area (Å²) in [6, 6.07) is 0. The number of rotatable bonds is 3. The molecule has 1 aromatic heterocycles. The molecule has 6 heteroatoms. The fourth-order valence-corrected chi connectivity index (χ4v) is 2.91. The van der Waals surface area contributed by atoms with E-state index < -0.39 is 5.97 Å². The maximum Gasteiger partial charge on any atom is 0.341 e. The number of carbonyl (C=O) groups excluding carboxylic acids is 3. The fourth-order valence-electron chi connectivity index (χ4n) is 1.85. The highest BCUT2D eigenvalue weighted by atomic mass is 32.1. The van der Waals surface area contributed by atoms with E-state index in [0.717, 1.165) is 5.56 Å². The molecule has 0 spiro atoms. The van der Waals surface area contributed by atoms with Gasteiger partial charge in [0.05, 0.1) is 25.1 Å². The Balaban J connectivity index is 2.37. The van der Waals surface area contributed by atoms with Crippen molar-refractivity contribution in [1.82, 2.24) is 0 Å². The smallest absolute Gasteiger partial charge is 0.341 e. The molecule has 1 aliphatic rings. The first-order valence-electron chi connectivity index (χ1n) is 5.61. The molecule has 1 fully saturated rings. The quantitative estimate of drug-likeness (QED) is 0.615. The van der Waals surface area contributed by atoms with Crippen LogP contribution in [-0.2, 0) is 14.3 Å². The Morgan fingerprint density at radius 1 is 1.50 bits per heavy atom. The van der Waals surface area contributed by atoms with Crippen molar-refractivity contribution < 1.29 is 19.1 Å². The molecular formula is C12H13NO4S. The lowest BCUT2D eigenvalue weighted by molar-refractivity contribution is -0.121. The van der Waals surface area contributed by atoms with Crippen molar-refractivity contribution >= 4 is 34.0 Å². The number of ether oxygens (including phenoxy) is 1. The number of thiophene rings is 1. The van der Waals surface area contributed by atoms with Crippen molar-refractivity contribution in [3.05, 3.63) is 16.5 Å². The normalized spacial score (nSPS) is 15.3. The number of hydrogen-bond donors (Lipinski definition) is 0. The summed E-state index contributed by atoms with van der Waals surface area (Å²) in [6.45, 7) is 3.84. The minimum atomic E-state index is -0.446. The molecular weight excluding hydrogens is 254 g/mol. The van der Waals surface area contributed by atoms with Crippen LogP contribution < -0.4 is 4.90 Å². The van der Waals surface area contributed by atoms with E-state index in [9.17, 15) is 14.4 Å². The first-order valence-corrected chi connectivity index (χ1v) is 6.49. The Bertz CT molecular complexity index is 520. The SMILES string of the molecule is CCOC(=O)c1c(C)csc1N1CC(=O)CC1=O. The lowest BCUT2D eigenvalue weighted by Gasteiger charge is -2.14. The Morgan fingerprint density at radius 3 is 2.78 bits per heavy atom. The van der Waals surface area contributed by atoms with Gasteiger partial charge in [0.1, 0.15) is 5.00 Å². The second kappa shape index (κ2) is 4.89. The predicted octanol–water partition coefficient (Wildman–Crippen LogP) is 1.54. The van der Waals surface area contributed by atoms with Gasteiger partial charge in [-0.25, -0.2) is 4.79 Å². The van der Waals surface area contributed by atoms with Crippen molar-refractivity contribution in [2.45, 2.75) is 20.3 Å². The minimum absolute atomic E-state index is 0.0468. The van der Waals surface area contributed by atoms with Gasteiger partial charge >= 0.3 is 5.97 Å². The molecule has 0 aromatic carbocycles. The molecule has 1 aromatic rings. The Hall–Kier alpha value is -1.69. The van der Waals surface area contributed by atoms with Crippen molar-refractivity contribution in [3.8, 4) is 0 Å². The van der Waals surface area contributed by atoms with Crippen molar-refractivity contribution in [1.29, 1.82) is 0 Å². The van der Waals surface area contributed by atoms with E-state index in [1.807, 2.05) is 0 Å². The van der Waals surface area contributed by atoms with Gasteiger partial charge in [-0.1, -0.05) is 0 Å². The van der Waals surface area contributed by atoms with E-state index in [1.165, 1.54) is 16.2 Å². The van der Waals surface area contributed by atoms with E-state index in [1.54, 1.807) is 19.2 Å². The van der Waals surface area contributed by atoms with Crippen molar-refractivity contribution in [3.63, 3.8) is 0 Å². The van der Waals surface area contributed by atoms with Gasteiger partial charge in [0, 0.05) is 0 Å². The Morgan fingerprint density at radius 2 is 2.22 bits per heavy atom. The largest absolute Gasteiger partial charge is 0.462 e. The number of nitrogens with zero attached hydrogens (tertiary/aromatic N) is 1. The molecule has 0 radical (unpaired) electrons. The van der Waals surface area contributed by atoms with Gasteiger partial charge in [0.2, 0.25) is 5.91 Å². The highest BCUT2D eigenvalue weighted by Gasteiger charge is 2.33. The van der Waals surface area contributed by atoms with Crippen LogP contribution in [0.1, 0.15) is 29.3 Å². The predicted molar refractivity (Wildman–Crippen MR) is 67.0 cm³/mol. The highest BCUT2D eigenvalue weighted by molar-refractivity contribution is 7.15. The minimum Gasteiger partial charge on any atom is -0.462 e. The average molecular weight is 267 g/mol. The van der Waals surface area contributed by atoms with Gasteiger partial charge in [-0.2, -0.15) is 0 Å². The molecule has 2 rings (SSSR count). The lowest BCUT2D eigenvalue weighted by atomic mass is 10.2. The fraction of sp³-hybridized carbons (Fsp3) is 0.417. The molecule has 5 nitrogen and oxygen atoms in total. The number of hydrogen-bond acceptors (Lipinski definition) is 5. The maximum absolute atomic E-state index is 11.9. The zero-order valence-corrected chi connectivity index (χ0v) is 11.0. The average Bonchev–Trinajstić information content (AvgIpc) is 2.82. The van der Waals surface area contributed by atoms with E-state index in [-0.39, 0.29) is 31.3 Å². The molecule has 0 unspecified atom stereocenters. The molecule has 18 heavy (non-hydrogen) atoms. The number of ketones is 1. The zero-order chi connectivity index (χ0) is 13.3. The Labute approximate surface area is 108 Å².